The monoisotopic (exact) mass is 194 g/mol. The second-order valence-corrected chi connectivity index (χ2v) is 3.98. The Morgan fingerprint density at radius 2 is 2.14 bits per heavy atom. The van der Waals surface area contributed by atoms with Crippen LogP contribution in [0.5, 0.6) is 0 Å². The normalized spacial score (nSPS) is 21.4. The molecule has 0 atom stereocenters. The first-order chi connectivity index (χ1) is 6.55. The molecule has 0 amide bonds. The molecular weight excluding hydrogens is 176 g/mol. The Balaban J connectivity index is 2.82. The van der Waals surface area contributed by atoms with Crippen LogP contribution >= 0.6 is 0 Å². The lowest BCUT2D eigenvalue weighted by Crippen LogP contribution is -2.23. The van der Waals surface area contributed by atoms with Crippen molar-refractivity contribution < 1.29 is 9.47 Å². The van der Waals surface area contributed by atoms with Gasteiger partial charge in [-0.15, -0.1) is 0 Å². The molecule has 0 aromatic rings. The second-order valence-electron chi connectivity index (χ2n) is 3.98. The minimum Gasteiger partial charge on any atom is -0.490 e. The van der Waals surface area contributed by atoms with Gasteiger partial charge < -0.3 is 9.47 Å². The number of allylic oxidation sites excluding steroid dienone is 4. The van der Waals surface area contributed by atoms with E-state index in [9.17, 15) is 0 Å². The van der Waals surface area contributed by atoms with Crippen molar-refractivity contribution in [1.29, 1.82) is 0 Å². The van der Waals surface area contributed by atoms with Crippen LogP contribution in [0.4, 0.5) is 0 Å². The van der Waals surface area contributed by atoms with Gasteiger partial charge in [-0.2, -0.15) is 0 Å². The summed E-state index contributed by atoms with van der Waals surface area (Å²) in [5, 5.41) is 0. The van der Waals surface area contributed by atoms with Gasteiger partial charge in [0.25, 0.3) is 0 Å². The zero-order chi connectivity index (χ0) is 10.6. The molecule has 0 unspecified atom stereocenters. The highest BCUT2D eigenvalue weighted by Crippen LogP contribution is 2.25. The molecule has 1 aliphatic heterocycles. The Labute approximate surface area is 85.9 Å². The Morgan fingerprint density at radius 1 is 1.43 bits per heavy atom. The molecule has 14 heavy (non-hydrogen) atoms. The zero-order valence-corrected chi connectivity index (χ0v) is 9.17. The van der Waals surface area contributed by atoms with Gasteiger partial charge in [-0.3, -0.25) is 0 Å². The lowest BCUT2D eigenvalue weighted by atomic mass is 10.1. The Bertz CT molecular complexity index is 272. The van der Waals surface area contributed by atoms with Crippen molar-refractivity contribution in [3.8, 4) is 0 Å². The first-order valence-electron chi connectivity index (χ1n) is 4.87. The highest BCUT2D eigenvalue weighted by molar-refractivity contribution is 5.19. The molecule has 0 aliphatic carbocycles. The molecule has 0 aromatic carbocycles. The van der Waals surface area contributed by atoms with Crippen LogP contribution in [0.15, 0.2) is 36.3 Å². The molecule has 0 fully saturated rings. The summed E-state index contributed by atoms with van der Waals surface area (Å²) >= 11 is 0. The smallest absolute Gasteiger partial charge is 0.156 e. The fourth-order valence-electron chi connectivity index (χ4n) is 1.35. The fourth-order valence-corrected chi connectivity index (χ4v) is 1.35. The molecule has 0 bridgehead atoms. The minimum atomic E-state index is -0.131. The van der Waals surface area contributed by atoms with Crippen LogP contribution in [-0.4, -0.2) is 12.2 Å². The molecule has 78 valence electrons. The van der Waals surface area contributed by atoms with Crippen LogP contribution in [-0.2, 0) is 9.47 Å². The van der Waals surface area contributed by atoms with Gasteiger partial charge in [0.2, 0.25) is 0 Å². The lowest BCUT2D eigenvalue weighted by Gasteiger charge is -2.23. The van der Waals surface area contributed by atoms with Crippen molar-refractivity contribution >= 4 is 0 Å². The molecule has 0 spiro atoms. The average Bonchev–Trinajstić information content (AvgIpc) is 2.20. The molecule has 0 saturated carbocycles. The highest BCUT2D eigenvalue weighted by Gasteiger charge is 2.24. The molecule has 2 heteroatoms. The third-order valence-electron chi connectivity index (χ3n) is 2.12. The zero-order valence-electron chi connectivity index (χ0n) is 9.17. The Hall–Kier alpha value is -1.18. The molecule has 1 aliphatic rings. The van der Waals surface area contributed by atoms with Gasteiger partial charge in [-0.1, -0.05) is 18.7 Å². The standard InChI is InChI=1S/C12H18O2/c1-5-6-7-11-10(2)14-12(3,4)8-9-13-11/h5-7H,1,8-9H2,2-4H3/b7-6-. The largest absolute Gasteiger partial charge is 0.490 e. The van der Waals surface area contributed by atoms with E-state index in [1.54, 1.807) is 6.08 Å². The van der Waals surface area contributed by atoms with Crippen molar-refractivity contribution in [2.24, 2.45) is 0 Å². The van der Waals surface area contributed by atoms with E-state index in [0.717, 1.165) is 17.9 Å². The third-order valence-corrected chi connectivity index (χ3v) is 2.12. The van der Waals surface area contributed by atoms with E-state index < -0.39 is 0 Å². The molecule has 1 rings (SSSR count). The van der Waals surface area contributed by atoms with Gasteiger partial charge in [0.05, 0.1) is 6.61 Å². The van der Waals surface area contributed by atoms with Gasteiger partial charge in [0, 0.05) is 6.42 Å². The predicted molar refractivity (Wildman–Crippen MR) is 57.8 cm³/mol. The van der Waals surface area contributed by atoms with Crippen molar-refractivity contribution in [1.82, 2.24) is 0 Å². The summed E-state index contributed by atoms with van der Waals surface area (Å²) < 4.78 is 11.4. The second kappa shape index (κ2) is 4.36. The van der Waals surface area contributed by atoms with Crippen molar-refractivity contribution in [2.45, 2.75) is 32.8 Å². The number of hydrogen-bond acceptors (Lipinski definition) is 2. The van der Waals surface area contributed by atoms with Crippen molar-refractivity contribution in [3.63, 3.8) is 0 Å². The molecule has 1 heterocycles. The first-order valence-corrected chi connectivity index (χ1v) is 4.87. The molecule has 0 radical (unpaired) electrons. The fraction of sp³-hybridized carbons (Fsp3) is 0.500. The van der Waals surface area contributed by atoms with Crippen LogP contribution in [0.3, 0.4) is 0 Å². The Kier molecular flexibility index (Phi) is 3.39. The SMILES string of the molecule is C=C/C=C\C1=C(C)OC(C)(C)CCO1. The molecule has 2 nitrogen and oxygen atoms in total. The summed E-state index contributed by atoms with van der Waals surface area (Å²) in [6.07, 6.45) is 6.35. The summed E-state index contributed by atoms with van der Waals surface area (Å²) in [4.78, 5) is 0. The molecule has 0 saturated heterocycles. The third kappa shape index (κ3) is 2.95. The van der Waals surface area contributed by atoms with Gasteiger partial charge in [-0.25, -0.2) is 0 Å². The quantitative estimate of drug-likeness (QED) is 0.628. The van der Waals surface area contributed by atoms with E-state index in [1.807, 2.05) is 19.1 Å². The summed E-state index contributed by atoms with van der Waals surface area (Å²) in [7, 11) is 0. The molecule has 0 aromatic heterocycles. The van der Waals surface area contributed by atoms with Crippen LogP contribution in [0, 0.1) is 0 Å². The average molecular weight is 194 g/mol. The van der Waals surface area contributed by atoms with Crippen LogP contribution in [0.2, 0.25) is 0 Å². The summed E-state index contributed by atoms with van der Waals surface area (Å²) in [6, 6.07) is 0. The maximum absolute atomic E-state index is 5.78. The van der Waals surface area contributed by atoms with E-state index >= 15 is 0 Å². The van der Waals surface area contributed by atoms with Gasteiger partial charge >= 0.3 is 0 Å². The van der Waals surface area contributed by atoms with Gasteiger partial charge in [-0.05, 0) is 26.8 Å². The highest BCUT2D eigenvalue weighted by atomic mass is 16.5. The minimum absolute atomic E-state index is 0.131. The maximum Gasteiger partial charge on any atom is 0.156 e. The number of ether oxygens (including phenoxy) is 2. The van der Waals surface area contributed by atoms with E-state index in [2.05, 4.69) is 20.4 Å². The number of rotatable bonds is 2. The summed E-state index contributed by atoms with van der Waals surface area (Å²) in [5.41, 5.74) is -0.131. The molecule has 0 N–H and O–H groups in total. The molecular formula is C12H18O2. The van der Waals surface area contributed by atoms with E-state index in [4.69, 9.17) is 9.47 Å². The maximum atomic E-state index is 5.78. The van der Waals surface area contributed by atoms with Gasteiger partial charge in [0.15, 0.2) is 5.76 Å². The number of hydrogen-bond donors (Lipinski definition) is 0. The van der Waals surface area contributed by atoms with E-state index in [1.165, 1.54) is 0 Å². The van der Waals surface area contributed by atoms with Crippen LogP contribution in [0.1, 0.15) is 27.2 Å². The topological polar surface area (TPSA) is 18.5 Å². The predicted octanol–water partition coefficient (Wildman–Crippen LogP) is 3.18. The summed E-state index contributed by atoms with van der Waals surface area (Å²) in [5.74, 6) is 1.64. The van der Waals surface area contributed by atoms with Gasteiger partial charge in [0.1, 0.15) is 11.4 Å². The summed E-state index contributed by atoms with van der Waals surface area (Å²) in [6.45, 7) is 10.4. The Morgan fingerprint density at radius 3 is 2.79 bits per heavy atom. The van der Waals surface area contributed by atoms with Crippen LogP contribution in [0.25, 0.3) is 0 Å². The van der Waals surface area contributed by atoms with Crippen molar-refractivity contribution in [2.75, 3.05) is 6.61 Å². The van der Waals surface area contributed by atoms with Crippen molar-refractivity contribution in [3.05, 3.63) is 36.3 Å². The van der Waals surface area contributed by atoms with Crippen LogP contribution < -0.4 is 0 Å². The van der Waals surface area contributed by atoms with E-state index in [0.29, 0.717) is 6.61 Å². The first kappa shape index (κ1) is 10.9. The lowest BCUT2D eigenvalue weighted by molar-refractivity contribution is 0.0309. The van der Waals surface area contributed by atoms with E-state index in [-0.39, 0.29) is 5.60 Å².